The number of piperidine rings is 1. The molecule has 3 amide bonds. The van der Waals surface area contributed by atoms with Crippen LogP contribution in [-0.4, -0.2) is 72.6 Å². The van der Waals surface area contributed by atoms with E-state index in [1.807, 2.05) is 49.4 Å². The van der Waals surface area contributed by atoms with Crippen molar-refractivity contribution in [2.75, 3.05) is 33.7 Å². The molecular formula is C32H41N7O3. The van der Waals surface area contributed by atoms with Gasteiger partial charge in [-0.1, -0.05) is 36.9 Å². The van der Waals surface area contributed by atoms with Gasteiger partial charge in [0.2, 0.25) is 0 Å². The number of primary amides is 1. The van der Waals surface area contributed by atoms with Crippen molar-refractivity contribution in [3.8, 4) is 6.07 Å². The Hall–Kier alpha value is -4.49. The zero-order chi connectivity index (χ0) is 30.9. The van der Waals surface area contributed by atoms with Crippen molar-refractivity contribution in [1.82, 2.24) is 15.1 Å². The summed E-state index contributed by atoms with van der Waals surface area (Å²) in [6, 6.07) is 9.79. The Morgan fingerprint density at radius 1 is 1.19 bits per heavy atom. The fraction of sp³-hybridized carbons (Fsp3) is 0.406. The highest BCUT2D eigenvalue weighted by Gasteiger charge is 2.34. The third kappa shape index (κ3) is 8.75. The molecule has 222 valence electrons. The number of likely N-dealkylation sites (tertiary alicyclic amines) is 1. The van der Waals surface area contributed by atoms with Crippen LogP contribution in [0.15, 0.2) is 71.4 Å². The number of benzene rings is 1. The number of hydrogen-bond donors (Lipinski definition) is 3. The Morgan fingerprint density at radius 3 is 2.43 bits per heavy atom. The first-order valence-electron chi connectivity index (χ1n) is 14.1. The van der Waals surface area contributed by atoms with Gasteiger partial charge < -0.3 is 21.7 Å². The van der Waals surface area contributed by atoms with Gasteiger partial charge in [0.15, 0.2) is 0 Å². The molecule has 10 nitrogen and oxygen atoms in total. The van der Waals surface area contributed by atoms with Crippen molar-refractivity contribution < 1.29 is 14.4 Å². The van der Waals surface area contributed by atoms with E-state index in [9.17, 15) is 19.6 Å². The van der Waals surface area contributed by atoms with E-state index in [-0.39, 0.29) is 35.6 Å². The van der Waals surface area contributed by atoms with Gasteiger partial charge in [0, 0.05) is 51.4 Å². The Bertz CT molecular complexity index is 1370. The van der Waals surface area contributed by atoms with Gasteiger partial charge in [-0.05, 0) is 61.4 Å². The fourth-order valence-corrected chi connectivity index (χ4v) is 4.76. The Balaban J connectivity index is 1.61. The van der Waals surface area contributed by atoms with Crippen LogP contribution in [0.5, 0.6) is 0 Å². The van der Waals surface area contributed by atoms with Gasteiger partial charge in [0.25, 0.3) is 17.7 Å². The Labute approximate surface area is 248 Å². The molecule has 0 spiro atoms. The van der Waals surface area contributed by atoms with Gasteiger partial charge in [-0.2, -0.15) is 10.3 Å². The van der Waals surface area contributed by atoms with Crippen LogP contribution in [0, 0.1) is 17.2 Å². The van der Waals surface area contributed by atoms with Crippen molar-refractivity contribution in [2.24, 2.45) is 22.4 Å². The molecule has 1 aliphatic heterocycles. The summed E-state index contributed by atoms with van der Waals surface area (Å²) < 4.78 is 0. The maximum atomic E-state index is 12.4. The summed E-state index contributed by atoms with van der Waals surface area (Å²) in [5.74, 6) is -1.52. The number of amidine groups is 1. The van der Waals surface area contributed by atoms with E-state index in [1.54, 1.807) is 19.0 Å². The average Bonchev–Trinajstić information content (AvgIpc) is 3.80. The first-order chi connectivity index (χ1) is 20.0. The molecule has 1 heterocycles. The Morgan fingerprint density at radius 2 is 1.86 bits per heavy atom. The summed E-state index contributed by atoms with van der Waals surface area (Å²) in [4.78, 5) is 44.1. The standard InChI is InChI=1S/C32H41N7O3/c1-5-23(25-7-6-8-26(19-25)31(42)38(3)4)10-9-22(2)21-39-17-14-32(13-16-33,15-18-39)36-20-27(29(35)40)28(34)37-30(41)24-11-12-24/h5-10,19-20,24,36H,2,11-15,17-18,21H2,1,3-4H3,(H2,35,40)(H2,34,37,41)/b10-9-,23-5+,27-20+. The van der Waals surface area contributed by atoms with Crippen LogP contribution in [0.1, 0.15) is 54.9 Å². The van der Waals surface area contributed by atoms with E-state index in [1.165, 1.54) is 6.20 Å². The van der Waals surface area contributed by atoms with E-state index < -0.39 is 11.4 Å². The number of aliphatic imine (C=N–C) groups is 1. The van der Waals surface area contributed by atoms with Crippen LogP contribution >= 0.6 is 0 Å². The topological polar surface area (TPSA) is 158 Å². The number of carbonyl (C=O) groups is 3. The van der Waals surface area contributed by atoms with Gasteiger partial charge in [-0.15, -0.1) is 0 Å². The summed E-state index contributed by atoms with van der Waals surface area (Å²) in [6.07, 6.45) is 10.4. The minimum atomic E-state index is -0.795. The predicted octanol–water partition coefficient (Wildman–Crippen LogP) is 2.90. The van der Waals surface area contributed by atoms with Crippen molar-refractivity contribution in [2.45, 2.75) is 44.6 Å². The van der Waals surface area contributed by atoms with E-state index in [0.717, 1.165) is 29.6 Å². The van der Waals surface area contributed by atoms with E-state index in [0.29, 0.717) is 38.0 Å². The number of hydrogen-bond acceptors (Lipinski definition) is 6. The van der Waals surface area contributed by atoms with Gasteiger partial charge in [-0.3, -0.25) is 19.3 Å². The lowest BCUT2D eigenvalue weighted by Crippen LogP contribution is -2.52. The summed E-state index contributed by atoms with van der Waals surface area (Å²) in [5, 5.41) is 12.7. The van der Waals surface area contributed by atoms with Gasteiger partial charge >= 0.3 is 0 Å². The zero-order valence-electron chi connectivity index (χ0n) is 24.7. The first-order valence-corrected chi connectivity index (χ1v) is 14.1. The number of nitrogens with two attached hydrogens (primary N) is 2. The lowest BCUT2D eigenvalue weighted by atomic mass is 9.84. The summed E-state index contributed by atoms with van der Waals surface area (Å²) in [6.45, 7) is 8.25. The lowest BCUT2D eigenvalue weighted by Gasteiger charge is -2.41. The van der Waals surface area contributed by atoms with Crippen LogP contribution < -0.4 is 16.8 Å². The summed E-state index contributed by atoms with van der Waals surface area (Å²) in [7, 11) is 3.46. The maximum absolute atomic E-state index is 12.4. The molecule has 0 atom stereocenters. The summed E-state index contributed by atoms with van der Waals surface area (Å²) in [5.41, 5.74) is 14.3. The van der Waals surface area contributed by atoms with Crippen molar-refractivity contribution in [3.05, 3.63) is 77.5 Å². The lowest BCUT2D eigenvalue weighted by molar-refractivity contribution is -0.118. The van der Waals surface area contributed by atoms with Crippen molar-refractivity contribution in [3.63, 3.8) is 0 Å². The van der Waals surface area contributed by atoms with Crippen molar-refractivity contribution in [1.29, 1.82) is 5.26 Å². The number of nitrogens with one attached hydrogen (secondary N) is 1. The second-order valence-electron chi connectivity index (χ2n) is 11.1. The smallest absolute Gasteiger partial charge is 0.253 e. The van der Waals surface area contributed by atoms with Crippen LogP contribution in [0.25, 0.3) is 5.57 Å². The molecular weight excluding hydrogens is 530 g/mol. The molecule has 3 rings (SSSR count). The molecule has 5 N–H and O–H groups in total. The SMILES string of the molecule is C=C(/C=C\C(=C/C)c1cccc(C(=O)N(C)C)c1)CN1CCC(CC#N)(N/C=C(/C(N)=O)C(N)=NC(=O)C2CC2)CC1. The van der Waals surface area contributed by atoms with Crippen LogP contribution in [-0.2, 0) is 9.59 Å². The fourth-order valence-electron chi connectivity index (χ4n) is 4.76. The average molecular weight is 572 g/mol. The highest BCUT2D eigenvalue weighted by atomic mass is 16.2. The molecule has 1 aromatic carbocycles. The van der Waals surface area contributed by atoms with Gasteiger partial charge in [-0.25, -0.2) is 0 Å². The largest absolute Gasteiger partial charge is 0.384 e. The number of allylic oxidation sites excluding steroid dienone is 3. The van der Waals surface area contributed by atoms with E-state index in [2.05, 4.69) is 27.9 Å². The number of nitrogens with zero attached hydrogens (tertiary/aromatic N) is 4. The molecule has 10 heteroatoms. The van der Waals surface area contributed by atoms with Crippen molar-refractivity contribution >= 4 is 29.1 Å². The number of amides is 3. The molecule has 0 radical (unpaired) electrons. The van der Waals surface area contributed by atoms with E-state index >= 15 is 0 Å². The zero-order valence-corrected chi connectivity index (χ0v) is 24.7. The highest BCUT2D eigenvalue weighted by molar-refractivity contribution is 6.21. The van der Waals surface area contributed by atoms with Crippen LogP contribution in [0.2, 0.25) is 0 Å². The molecule has 2 aliphatic rings. The van der Waals surface area contributed by atoms with Crippen LogP contribution in [0.4, 0.5) is 0 Å². The van der Waals surface area contributed by atoms with Crippen LogP contribution in [0.3, 0.4) is 0 Å². The quantitative estimate of drug-likeness (QED) is 0.151. The molecule has 42 heavy (non-hydrogen) atoms. The van der Waals surface area contributed by atoms with Gasteiger partial charge in [0.05, 0.1) is 23.6 Å². The molecule has 2 fully saturated rings. The third-order valence-electron chi connectivity index (χ3n) is 7.54. The maximum Gasteiger partial charge on any atom is 0.253 e. The number of rotatable bonds is 12. The highest BCUT2D eigenvalue weighted by Crippen LogP contribution is 2.30. The predicted molar refractivity (Wildman–Crippen MR) is 165 cm³/mol. The Kier molecular flexibility index (Phi) is 11.0. The first kappa shape index (κ1) is 32.0. The molecule has 1 aromatic rings. The second kappa shape index (κ2) is 14.4. The van der Waals surface area contributed by atoms with E-state index in [4.69, 9.17) is 11.5 Å². The monoisotopic (exact) mass is 571 g/mol. The number of carbonyl (C=O) groups excluding carboxylic acids is 3. The minimum absolute atomic E-state index is 0.0469. The molecule has 0 aromatic heterocycles. The minimum Gasteiger partial charge on any atom is -0.384 e. The molecule has 0 bridgehead atoms. The normalized spacial score (nSPS) is 17.9. The number of nitriles is 1. The molecule has 1 saturated heterocycles. The second-order valence-corrected chi connectivity index (χ2v) is 11.1. The molecule has 1 aliphatic carbocycles. The molecule has 0 unspecified atom stereocenters. The molecule has 1 saturated carbocycles. The van der Waals surface area contributed by atoms with Gasteiger partial charge in [0.1, 0.15) is 5.84 Å². The third-order valence-corrected chi connectivity index (χ3v) is 7.54. The summed E-state index contributed by atoms with van der Waals surface area (Å²) >= 11 is 0.